The van der Waals surface area contributed by atoms with E-state index in [9.17, 15) is 0 Å². The molecule has 35 heavy (non-hydrogen) atoms. The Morgan fingerprint density at radius 2 is 1.54 bits per heavy atom. The lowest BCUT2D eigenvalue weighted by Gasteiger charge is -2.13. The summed E-state index contributed by atoms with van der Waals surface area (Å²) in [5.41, 5.74) is 4.89. The SMILES string of the molecule is Cc1nn(Cc2cccc(Oc3ccccc3)c2)c(C)c1NC(=S)Nc1cccc2ccccc12. The summed E-state index contributed by atoms with van der Waals surface area (Å²) in [6.07, 6.45) is 0. The van der Waals surface area contributed by atoms with E-state index in [0.717, 1.165) is 45.2 Å². The average Bonchev–Trinajstić information content (AvgIpc) is 3.12. The molecule has 0 bridgehead atoms. The van der Waals surface area contributed by atoms with Crippen molar-refractivity contribution < 1.29 is 4.74 Å². The minimum atomic E-state index is 0.533. The molecule has 0 spiro atoms. The van der Waals surface area contributed by atoms with Crippen molar-refractivity contribution in [2.75, 3.05) is 10.6 Å². The Balaban J connectivity index is 1.30. The molecule has 0 saturated heterocycles. The third kappa shape index (κ3) is 5.18. The molecule has 5 nitrogen and oxygen atoms in total. The van der Waals surface area contributed by atoms with Crippen LogP contribution in [0.25, 0.3) is 10.8 Å². The molecule has 0 radical (unpaired) electrons. The molecule has 2 N–H and O–H groups in total. The maximum Gasteiger partial charge on any atom is 0.175 e. The van der Waals surface area contributed by atoms with Gasteiger partial charge in [0.05, 0.1) is 23.6 Å². The fraction of sp³-hybridized carbons (Fsp3) is 0.103. The molecular weight excluding hydrogens is 452 g/mol. The summed E-state index contributed by atoms with van der Waals surface area (Å²) < 4.78 is 7.97. The summed E-state index contributed by atoms with van der Waals surface area (Å²) in [4.78, 5) is 0. The molecule has 174 valence electrons. The van der Waals surface area contributed by atoms with E-state index in [2.05, 4.69) is 34.9 Å². The molecule has 5 rings (SSSR count). The van der Waals surface area contributed by atoms with E-state index in [4.69, 9.17) is 22.1 Å². The van der Waals surface area contributed by atoms with Gasteiger partial charge in [0.15, 0.2) is 5.11 Å². The zero-order valence-electron chi connectivity index (χ0n) is 19.7. The van der Waals surface area contributed by atoms with Gasteiger partial charge in [-0.05, 0) is 67.3 Å². The van der Waals surface area contributed by atoms with E-state index >= 15 is 0 Å². The molecule has 0 aliphatic rings. The second kappa shape index (κ2) is 9.99. The van der Waals surface area contributed by atoms with Crippen molar-refractivity contribution in [3.05, 3.63) is 114 Å². The predicted octanol–water partition coefficient (Wildman–Crippen LogP) is 7.30. The van der Waals surface area contributed by atoms with Gasteiger partial charge in [0, 0.05) is 11.1 Å². The first kappa shape index (κ1) is 22.6. The first-order chi connectivity index (χ1) is 17.1. The van der Waals surface area contributed by atoms with Crippen molar-refractivity contribution >= 4 is 39.5 Å². The molecule has 0 aliphatic carbocycles. The molecule has 0 saturated carbocycles. The van der Waals surface area contributed by atoms with Gasteiger partial charge in [-0.25, -0.2) is 0 Å². The van der Waals surface area contributed by atoms with E-state index in [-0.39, 0.29) is 0 Å². The number of ether oxygens (including phenoxy) is 1. The van der Waals surface area contributed by atoms with Crippen molar-refractivity contribution in [2.24, 2.45) is 0 Å². The topological polar surface area (TPSA) is 51.1 Å². The number of thiocarbonyl (C=S) groups is 1. The highest BCUT2D eigenvalue weighted by Gasteiger charge is 2.14. The van der Waals surface area contributed by atoms with E-state index in [0.29, 0.717) is 11.7 Å². The van der Waals surface area contributed by atoms with Gasteiger partial charge >= 0.3 is 0 Å². The lowest BCUT2D eigenvalue weighted by atomic mass is 10.1. The van der Waals surface area contributed by atoms with Crippen LogP contribution in [-0.4, -0.2) is 14.9 Å². The van der Waals surface area contributed by atoms with Gasteiger partial charge < -0.3 is 15.4 Å². The molecule has 0 atom stereocenters. The van der Waals surface area contributed by atoms with Crippen LogP contribution in [0, 0.1) is 13.8 Å². The Morgan fingerprint density at radius 1 is 0.829 bits per heavy atom. The number of nitrogens with one attached hydrogen (secondary N) is 2. The third-order valence-electron chi connectivity index (χ3n) is 5.87. The van der Waals surface area contributed by atoms with Crippen molar-refractivity contribution in [3.63, 3.8) is 0 Å². The number of benzene rings is 4. The van der Waals surface area contributed by atoms with E-state index in [1.807, 2.05) is 91.3 Å². The number of aryl methyl sites for hydroxylation is 1. The number of rotatable bonds is 6. The molecule has 5 aromatic rings. The van der Waals surface area contributed by atoms with Crippen LogP contribution in [0.4, 0.5) is 11.4 Å². The van der Waals surface area contributed by atoms with Crippen molar-refractivity contribution in [1.82, 2.24) is 9.78 Å². The van der Waals surface area contributed by atoms with Gasteiger partial charge in [-0.15, -0.1) is 0 Å². The Kier molecular flexibility index (Phi) is 6.46. The Morgan fingerprint density at radius 3 is 2.40 bits per heavy atom. The van der Waals surface area contributed by atoms with Crippen molar-refractivity contribution in [1.29, 1.82) is 0 Å². The van der Waals surface area contributed by atoms with Gasteiger partial charge in [0.1, 0.15) is 11.5 Å². The minimum absolute atomic E-state index is 0.533. The molecule has 1 aromatic heterocycles. The highest BCUT2D eigenvalue weighted by Crippen LogP contribution is 2.26. The van der Waals surface area contributed by atoms with Crippen LogP contribution in [0.5, 0.6) is 11.5 Å². The van der Waals surface area contributed by atoms with Crippen LogP contribution in [0.2, 0.25) is 0 Å². The number of aromatic nitrogens is 2. The minimum Gasteiger partial charge on any atom is -0.457 e. The molecule has 0 fully saturated rings. The monoisotopic (exact) mass is 478 g/mol. The number of nitrogens with zero attached hydrogens (tertiary/aromatic N) is 2. The zero-order chi connectivity index (χ0) is 24.2. The maximum absolute atomic E-state index is 5.99. The quantitative estimate of drug-likeness (QED) is 0.251. The highest BCUT2D eigenvalue weighted by molar-refractivity contribution is 7.80. The Bertz CT molecular complexity index is 1490. The summed E-state index contributed by atoms with van der Waals surface area (Å²) in [5.74, 6) is 1.61. The molecule has 6 heteroatoms. The number of hydrogen-bond acceptors (Lipinski definition) is 3. The fourth-order valence-electron chi connectivity index (χ4n) is 4.14. The van der Waals surface area contributed by atoms with Gasteiger partial charge in [-0.1, -0.05) is 66.7 Å². The second-order valence-corrected chi connectivity index (χ2v) is 8.78. The molecule has 1 heterocycles. The Hall–Kier alpha value is -4.16. The zero-order valence-corrected chi connectivity index (χ0v) is 20.5. The lowest BCUT2D eigenvalue weighted by molar-refractivity contribution is 0.481. The molecular formula is C29H26N4OS. The van der Waals surface area contributed by atoms with Crippen molar-refractivity contribution in [2.45, 2.75) is 20.4 Å². The summed E-state index contributed by atoms with van der Waals surface area (Å²) in [6, 6.07) is 32.3. The van der Waals surface area contributed by atoms with Gasteiger partial charge in [-0.3, -0.25) is 4.68 Å². The number of hydrogen-bond donors (Lipinski definition) is 2. The number of anilines is 2. The summed E-state index contributed by atoms with van der Waals surface area (Å²) in [6.45, 7) is 4.67. The fourth-order valence-corrected chi connectivity index (χ4v) is 4.35. The van der Waals surface area contributed by atoms with Crippen LogP contribution in [0.15, 0.2) is 97.1 Å². The first-order valence-electron chi connectivity index (χ1n) is 11.5. The second-order valence-electron chi connectivity index (χ2n) is 8.37. The predicted molar refractivity (Wildman–Crippen MR) is 148 cm³/mol. The number of para-hydroxylation sites is 1. The third-order valence-corrected chi connectivity index (χ3v) is 6.07. The summed E-state index contributed by atoms with van der Waals surface area (Å²) >= 11 is 5.64. The Labute approximate surface area is 210 Å². The standard InChI is InChI=1S/C29H26N4OS/c1-20-28(31-29(35)30-27-17-9-12-23-11-6-7-16-26(23)27)21(2)33(32-20)19-22-10-8-15-25(18-22)34-24-13-4-3-5-14-24/h3-18H,19H2,1-2H3,(H2,30,31,35). The van der Waals surface area contributed by atoms with Crippen LogP contribution < -0.4 is 15.4 Å². The summed E-state index contributed by atoms with van der Waals surface area (Å²) in [5, 5.41) is 14.3. The van der Waals surface area contributed by atoms with Gasteiger partial charge in [0.25, 0.3) is 0 Å². The normalized spacial score (nSPS) is 10.8. The smallest absolute Gasteiger partial charge is 0.175 e. The van der Waals surface area contributed by atoms with E-state index < -0.39 is 0 Å². The first-order valence-corrected chi connectivity index (χ1v) is 11.9. The van der Waals surface area contributed by atoms with Crippen LogP contribution >= 0.6 is 12.2 Å². The lowest BCUT2D eigenvalue weighted by Crippen LogP contribution is -2.20. The maximum atomic E-state index is 5.99. The highest BCUT2D eigenvalue weighted by atomic mass is 32.1. The van der Waals surface area contributed by atoms with Crippen molar-refractivity contribution in [3.8, 4) is 11.5 Å². The molecule has 0 amide bonds. The largest absolute Gasteiger partial charge is 0.457 e. The van der Waals surface area contributed by atoms with Crippen LogP contribution in [-0.2, 0) is 6.54 Å². The van der Waals surface area contributed by atoms with Crippen LogP contribution in [0.3, 0.4) is 0 Å². The van der Waals surface area contributed by atoms with Crippen LogP contribution in [0.1, 0.15) is 17.0 Å². The molecule has 0 aliphatic heterocycles. The van der Waals surface area contributed by atoms with E-state index in [1.165, 1.54) is 5.39 Å². The average molecular weight is 479 g/mol. The molecule has 0 unspecified atom stereocenters. The molecule has 4 aromatic carbocycles. The summed E-state index contributed by atoms with van der Waals surface area (Å²) in [7, 11) is 0. The van der Waals surface area contributed by atoms with E-state index in [1.54, 1.807) is 0 Å². The van der Waals surface area contributed by atoms with Gasteiger partial charge in [0.2, 0.25) is 0 Å². The van der Waals surface area contributed by atoms with Gasteiger partial charge in [-0.2, -0.15) is 5.10 Å². The number of fused-ring (bicyclic) bond motifs is 1.